The number of carbonyl (C=O) groups excluding carboxylic acids is 1. The predicted octanol–water partition coefficient (Wildman–Crippen LogP) is 5.02. The summed E-state index contributed by atoms with van der Waals surface area (Å²) < 4.78 is 18.6. The highest BCUT2D eigenvalue weighted by atomic mass is 16.5. The maximum atomic E-state index is 13.4. The maximum absolute atomic E-state index is 13.4. The number of hydrogen-bond acceptors (Lipinski definition) is 5. The van der Waals surface area contributed by atoms with E-state index >= 15 is 0 Å². The molecule has 0 spiro atoms. The van der Waals surface area contributed by atoms with E-state index in [1.54, 1.807) is 24.1 Å². The van der Waals surface area contributed by atoms with Gasteiger partial charge in [-0.25, -0.2) is 0 Å². The SMILES string of the molecule is COc1cccc(-c2nn(Cc3ccccc3)cc2C(=O)Nc2ccc3c(c2)OCCCO3)c1. The normalized spacial score (nSPS) is 12.6. The number of nitrogens with one attached hydrogen (secondary N) is 1. The zero-order chi connectivity index (χ0) is 23.3. The summed E-state index contributed by atoms with van der Waals surface area (Å²) in [6.07, 6.45) is 2.60. The Hall–Kier alpha value is -4.26. The Morgan fingerprint density at radius 3 is 2.65 bits per heavy atom. The number of amides is 1. The monoisotopic (exact) mass is 455 g/mol. The van der Waals surface area contributed by atoms with Gasteiger partial charge in [0.05, 0.1) is 32.4 Å². The van der Waals surface area contributed by atoms with Crippen LogP contribution < -0.4 is 19.5 Å². The summed E-state index contributed by atoms with van der Waals surface area (Å²) >= 11 is 0. The lowest BCUT2D eigenvalue weighted by Crippen LogP contribution is -2.12. The summed E-state index contributed by atoms with van der Waals surface area (Å²) in [7, 11) is 1.62. The van der Waals surface area contributed by atoms with Gasteiger partial charge < -0.3 is 19.5 Å². The number of ether oxygens (including phenoxy) is 3. The topological polar surface area (TPSA) is 74.6 Å². The van der Waals surface area contributed by atoms with E-state index in [0.717, 1.165) is 17.5 Å². The minimum Gasteiger partial charge on any atom is -0.497 e. The maximum Gasteiger partial charge on any atom is 0.259 e. The Labute approximate surface area is 197 Å². The van der Waals surface area contributed by atoms with Gasteiger partial charge in [-0.2, -0.15) is 5.10 Å². The molecular weight excluding hydrogens is 430 g/mol. The van der Waals surface area contributed by atoms with E-state index < -0.39 is 0 Å². The number of rotatable bonds is 6. The van der Waals surface area contributed by atoms with Crippen molar-refractivity contribution in [1.82, 2.24) is 9.78 Å². The Bertz CT molecular complexity index is 1300. The Morgan fingerprint density at radius 1 is 1.00 bits per heavy atom. The van der Waals surface area contributed by atoms with Gasteiger partial charge in [0.25, 0.3) is 5.91 Å². The average molecular weight is 456 g/mol. The molecule has 1 aliphatic heterocycles. The highest BCUT2D eigenvalue weighted by Crippen LogP contribution is 2.33. The third-order valence-corrected chi connectivity index (χ3v) is 5.54. The standard InChI is InChI=1S/C27H25N3O4/c1-32-22-10-5-9-20(15-22)26-23(18-30(29-26)17-19-7-3-2-4-8-19)27(31)28-21-11-12-24-25(16-21)34-14-6-13-33-24/h2-5,7-12,15-16,18H,6,13-14,17H2,1H3,(H,28,31). The van der Waals surface area contributed by atoms with Crippen LogP contribution in [0.15, 0.2) is 79.0 Å². The van der Waals surface area contributed by atoms with Crippen LogP contribution in [0, 0.1) is 0 Å². The minimum atomic E-state index is -0.258. The molecule has 0 bridgehead atoms. The lowest BCUT2D eigenvalue weighted by atomic mass is 10.1. The van der Waals surface area contributed by atoms with Crippen LogP contribution in [-0.2, 0) is 6.54 Å². The average Bonchev–Trinajstić information content (AvgIpc) is 3.15. The van der Waals surface area contributed by atoms with Crippen LogP contribution in [0.5, 0.6) is 17.2 Å². The van der Waals surface area contributed by atoms with Crippen LogP contribution in [0.3, 0.4) is 0 Å². The first-order chi connectivity index (χ1) is 16.7. The molecule has 172 valence electrons. The third kappa shape index (κ3) is 4.73. The molecule has 0 unspecified atom stereocenters. The Morgan fingerprint density at radius 2 is 1.82 bits per heavy atom. The van der Waals surface area contributed by atoms with Crippen LogP contribution in [0.1, 0.15) is 22.3 Å². The van der Waals surface area contributed by atoms with Gasteiger partial charge in [0.15, 0.2) is 11.5 Å². The summed E-state index contributed by atoms with van der Waals surface area (Å²) in [6.45, 7) is 1.74. The molecule has 34 heavy (non-hydrogen) atoms. The molecular formula is C27H25N3O4. The molecule has 0 radical (unpaired) electrons. The van der Waals surface area contributed by atoms with Crippen molar-refractivity contribution >= 4 is 11.6 Å². The fraction of sp³-hybridized carbons (Fsp3) is 0.185. The molecule has 0 saturated heterocycles. The van der Waals surface area contributed by atoms with Crippen molar-refractivity contribution in [3.63, 3.8) is 0 Å². The summed E-state index contributed by atoms with van der Waals surface area (Å²) in [4.78, 5) is 13.4. The summed E-state index contributed by atoms with van der Waals surface area (Å²) in [6, 6.07) is 23.0. The van der Waals surface area contributed by atoms with Crippen molar-refractivity contribution in [1.29, 1.82) is 0 Å². The first-order valence-electron chi connectivity index (χ1n) is 11.2. The number of carbonyl (C=O) groups is 1. The Kier molecular flexibility index (Phi) is 6.16. The van der Waals surface area contributed by atoms with Gasteiger partial charge >= 0.3 is 0 Å². The fourth-order valence-electron chi connectivity index (χ4n) is 3.86. The van der Waals surface area contributed by atoms with Gasteiger partial charge in [-0.3, -0.25) is 9.48 Å². The minimum absolute atomic E-state index is 0.258. The second-order valence-electron chi connectivity index (χ2n) is 7.97. The molecule has 0 aliphatic carbocycles. The van der Waals surface area contributed by atoms with E-state index in [2.05, 4.69) is 5.32 Å². The van der Waals surface area contributed by atoms with E-state index in [0.29, 0.717) is 54.0 Å². The van der Waals surface area contributed by atoms with Gasteiger partial charge in [0, 0.05) is 29.9 Å². The molecule has 1 aromatic heterocycles. The highest BCUT2D eigenvalue weighted by Gasteiger charge is 2.20. The zero-order valence-electron chi connectivity index (χ0n) is 18.9. The largest absolute Gasteiger partial charge is 0.497 e. The molecule has 1 amide bonds. The van der Waals surface area contributed by atoms with E-state index in [1.807, 2.05) is 66.7 Å². The highest BCUT2D eigenvalue weighted by molar-refractivity contribution is 6.08. The number of fused-ring (bicyclic) bond motifs is 1. The molecule has 7 nitrogen and oxygen atoms in total. The molecule has 1 N–H and O–H groups in total. The lowest BCUT2D eigenvalue weighted by Gasteiger charge is -2.10. The third-order valence-electron chi connectivity index (χ3n) is 5.54. The van der Waals surface area contributed by atoms with Crippen molar-refractivity contribution in [3.05, 3.63) is 90.1 Å². The van der Waals surface area contributed by atoms with Gasteiger partial charge in [-0.15, -0.1) is 0 Å². The molecule has 0 atom stereocenters. The van der Waals surface area contributed by atoms with Gasteiger partial charge in [0.1, 0.15) is 11.4 Å². The second-order valence-corrected chi connectivity index (χ2v) is 7.97. The molecule has 0 fully saturated rings. The van der Waals surface area contributed by atoms with Crippen LogP contribution in [-0.4, -0.2) is 36.0 Å². The van der Waals surface area contributed by atoms with Crippen molar-refractivity contribution in [2.24, 2.45) is 0 Å². The van der Waals surface area contributed by atoms with E-state index in [-0.39, 0.29) is 5.91 Å². The molecule has 1 aliphatic rings. The summed E-state index contributed by atoms with van der Waals surface area (Å²) in [5, 5.41) is 7.74. The van der Waals surface area contributed by atoms with Crippen LogP contribution in [0.2, 0.25) is 0 Å². The van der Waals surface area contributed by atoms with E-state index in [9.17, 15) is 4.79 Å². The number of aromatic nitrogens is 2. The summed E-state index contributed by atoms with van der Waals surface area (Å²) in [5.74, 6) is 1.75. The quantitative estimate of drug-likeness (QED) is 0.442. The fourth-order valence-corrected chi connectivity index (χ4v) is 3.86. The van der Waals surface area contributed by atoms with E-state index in [1.165, 1.54) is 0 Å². The molecule has 4 aromatic rings. The number of benzene rings is 3. The van der Waals surface area contributed by atoms with Crippen molar-refractivity contribution in [3.8, 4) is 28.5 Å². The summed E-state index contributed by atoms with van der Waals surface area (Å²) in [5.41, 5.74) is 3.58. The molecule has 7 heteroatoms. The molecule has 0 saturated carbocycles. The first kappa shape index (κ1) is 21.6. The van der Waals surface area contributed by atoms with Crippen LogP contribution >= 0.6 is 0 Å². The van der Waals surface area contributed by atoms with Gasteiger partial charge in [-0.1, -0.05) is 42.5 Å². The molecule has 5 rings (SSSR count). The number of hydrogen-bond donors (Lipinski definition) is 1. The van der Waals surface area contributed by atoms with E-state index in [4.69, 9.17) is 19.3 Å². The Balaban J connectivity index is 1.47. The van der Waals surface area contributed by atoms with Crippen molar-refractivity contribution < 1.29 is 19.0 Å². The number of anilines is 1. The zero-order valence-corrected chi connectivity index (χ0v) is 18.9. The lowest BCUT2D eigenvalue weighted by molar-refractivity contribution is 0.102. The van der Waals surface area contributed by atoms with Crippen molar-refractivity contribution in [2.75, 3.05) is 25.6 Å². The number of methoxy groups -OCH3 is 1. The van der Waals surface area contributed by atoms with Crippen LogP contribution in [0.25, 0.3) is 11.3 Å². The van der Waals surface area contributed by atoms with Gasteiger partial charge in [0.2, 0.25) is 0 Å². The first-order valence-corrected chi connectivity index (χ1v) is 11.2. The molecule has 2 heterocycles. The molecule has 3 aromatic carbocycles. The smallest absolute Gasteiger partial charge is 0.259 e. The number of nitrogens with zero attached hydrogens (tertiary/aromatic N) is 2. The van der Waals surface area contributed by atoms with Crippen molar-refractivity contribution in [2.45, 2.75) is 13.0 Å². The van der Waals surface area contributed by atoms with Crippen LogP contribution in [0.4, 0.5) is 5.69 Å². The predicted molar refractivity (Wildman–Crippen MR) is 130 cm³/mol. The second kappa shape index (κ2) is 9.70. The van der Waals surface area contributed by atoms with Gasteiger partial charge in [-0.05, 0) is 29.8 Å².